The Balaban J connectivity index is 4.63. The van der Waals surface area contributed by atoms with E-state index in [1.165, 1.54) is 116 Å². The van der Waals surface area contributed by atoms with Crippen LogP contribution in [0.5, 0.6) is 0 Å². The molecule has 6 nitrogen and oxygen atoms in total. The van der Waals surface area contributed by atoms with Gasteiger partial charge < -0.3 is 20.3 Å². The monoisotopic (exact) mass is 854 g/mol. The van der Waals surface area contributed by atoms with Gasteiger partial charge in [-0.05, 0) is 89.9 Å². The molecule has 3 atom stereocenters. The van der Waals surface area contributed by atoms with Crippen LogP contribution in [0.2, 0.25) is 0 Å². The molecule has 0 aromatic rings. The Morgan fingerprint density at radius 1 is 0.492 bits per heavy atom. The molecule has 0 saturated carbocycles. The minimum Gasteiger partial charge on any atom is -0.462 e. The molecule has 0 fully saturated rings. The molecule has 61 heavy (non-hydrogen) atoms. The van der Waals surface area contributed by atoms with Crippen LogP contribution in [0.15, 0.2) is 60.8 Å². The second-order valence-corrected chi connectivity index (χ2v) is 17.5. The van der Waals surface area contributed by atoms with Crippen molar-refractivity contribution in [3.8, 4) is 0 Å². The minimum atomic E-state index is -0.794. The average molecular weight is 854 g/mol. The quantitative estimate of drug-likeness (QED) is 0.0322. The van der Waals surface area contributed by atoms with E-state index < -0.39 is 18.2 Å². The molecule has 0 bridgehead atoms. The van der Waals surface area contributed by atoms with Gasteiger partial charge in [0.15, 0.2) is 0 Å². The van der Waals surface area contributed by atoms with Crippen molar-refractivity contribution in [3.05, 3.63) is 60.8 Å². The summed E-state index contributed by atoms with van der Waals surface area (Å²) in [6.07, 6.45) is 60.0. The predicted octanol–water partition coefficient (Wildman–Crippen LogP) is 15.6. The minimum absolute atomic E-state index is 0.0607. The maximum Gasteiger partial charge on any atom is 0.306 e. The summed E-state index contributed by atoms with van der Waals surface area (Å²) in [6, 6.07) is -0.709. The number of hydrogen-bond donors (Lipinski definition) is 3. The first-order chi connectivity index (χ1) is 30.0. The maximum atomic E-state index is 13.2. The predicted molar refractivity (Wildman–Crippen MR) is 264 cm³/mol. The first kappa shape index (κ1) is 58.6. The lowest BCUT2D eigenvalue weighted by atomic mass is 10.0. The van der Waals surface area contributed by atoms with Crippen molar-refractivity contribution < 1.29 is 24.5 Å². The molecule has 1 amide bonds. The summed E-state index contributed by atoms with van der Waals surface area (Å²) in [5, 5.41) is 23.7. The molecule has 0 rings (SSSR count). The summed E-state index contributed by atoms with van der Waals surface area (Å²) in [5.74, 6) is -0.513. The molecular formula is C55H99NO5. The van der Waals surface area contributed by atoms with E-state index in [1.807, 2.05) is 0 Å². The zero-order chi connectivity index (χ0) is 44.5. The number of amides is 1. The third-order valence-electron chi connectivity index (χ3n) is 11.6. The average Bonchev–Trinajstić information content (AvgIpc) is 3.25. The summed E-state index contributed by atoms with van der Waals surface area (Å²) in [6.45, 7) is 6.34. The second kappa shape index (κ2) is 48.6. The SMILES string of the molecule is CC/C=C/C/C=C/C/C=C/C/C=C/CCCCCC(=O)OC(CCCCCCCCC/C=C/CCCCCCCC)CC(=O)NC(CO)C(O)CCCCCCCCCCC. The maximum absolute atomic E-state index is 13.2. The highest BCUT2D eigenvalue weighted by atomic mass is 16.5. The van der Waals surface area contributed by atoms with Crippen molar-refractivity contribution in [1.29, 1.82) is 0 Å². The number of aliphatic hydroxyl groups excluding tert-OH is 2. The van der Waals surface area contributed by atoms with Gasteiger partial charge >= 0.3 is 5.97 Å². The molecule has 0 heterocycles. The van der Waals surface area contributed by atoms with Crippen LogP contribution in [-0.2, 0) is 14.3 Å². The van der Waals surface area contributed by atoms with E-state index in [2.05, 4.69) is 86.8 Å². The molecule has 0 spiro atoms. The van der Waals surface area contributed by atoms with Crippen molar-refractivity contribution >= 4 is 11.9 Å². The Morgan fingerprint density at radius 3 is 1.36 bits per heavy atom. The fourth-order valence-corrected chi connectivity index (χ4v) is 7.65. The first-order valence-corrected chi connectivity index (χ1v) is 26.0. The van der Waals surface area contributed by atoms with E-state index in [1.54, 1.807) is 0 Å². The van der Waals surface area contributed by atoms with E-state index in [0.29, 0.717) is 19.3 Å². The van der Waals surface area contributed by atoms with Gasteiger partial charge in [0.2, 0.25) is 5.91 Å². The van der Waals surface area contributed by atoms with Crippen LogP contribution in [0.25, 0.3) is 0 Å². The summed E-state index contributed by atoms with van der Waals surface area (Å²) in [7, 11) is 0. The van der Waals surface area contributed by atoms with Gasteiger partial charge in [-0.3, -0.25) is 9.59 Å². The van der Waals surface area contributed by atoms with Gasteiger partial charge in [0.1, 0.15) is 6.10 Å². The number of unbranched alkanes of at least 4 members (excludes halogenated alkanes) is 24. The van der Waals surface area contributed by atoms with Gasteiger partial charge in [0.05, 0.1) is 25.2 Å². The molecule has 0 aromatic heterocycles. The summed E-state index contributed by atoms with van der Waals surface area (Å²) in [4.78, 5) is 26.1. The van der Waals surface area contributed by atoms with Crippen LogP contribution >= 0.6 is 0 Å². The standard InChI is InChI=1S/C55H99NO5/c1-4-7-10-13-16-19-21-23-25-27-28-30-32-35-37-40-43-46-51(49-54(59)56-52(50-57)53(58)47-44-41-38-34-18-15-12-9-6-3)61-55(60)48-45-42-39-36-33-31-29-26-24-22-20-17-14-11-8-5-2/h8,11,17,20,23-26,31,33,51-53,57-58H,4-7,9-10,12-16,18-19,21-22,27-30,32,34-50H2,1-3H3,(H,56,59)/b11-8+,20-17+,25-23+,26-24+,33-31+. The number of nitrogens with one attached hydrogen (secondary N) is 1. The molecule has 3 N–H and O–H groups in total. The van der Waals surface area contributed by atoms with E-state index >= 15 is 0 Å². The van der Waals surface area contributed by atoms with Crippen LogP contribution in [0.1, 0.15) is 252 Å². The molecule has 0 saturated heterocycles. The van der Waals surface area contributed by atoms with Gasteiger partial charge in [-0.25, -0.2) is 0 Å². The Morgan fingerprint density at radius 2 is 0.885 bits per heavy atom. The summed E-state index contributed by atoms with van der Waals surface area (Å²) < 4.78 is 5.92. The van der Waals surface area contributed by atoms with Gasteiger partial charge in [-0.2, -0.15) is 0 Å². The van der Waals surface area contributed by atoms with E-state index in [9.17, 15) is 19.8 Å². The molecule has 0 aliphatic heterocycles. The van der Waals surface area contributed by atoms with Crippen molar-refractivity contribution in [2.24, 2.45) is 0 Å². The molecule has 3 unspecified atom stereocenters. The third kappa shape index (κ3) is 44.0. The number of allylic oxidation sites excluding steroid dienone is 10. The number of ether oxygens (including phenoxy) is 1. The van der Waals surface area contributed by atoms with Crippen LogP contribution in [0.4, 0.5) is 0 Å². The lowest BCUT2D eigenvalue weighted by molar-refractivity contribution is -0.151. The highest BCUT2D eigenvalue weighted by Gasteiger charge is 2.24. The molecule has 0 aliphatic rings. The van der Waals surface area contributed by atoms with Gasteiger partial charge in [-0.15, -0.1) is 0 Å². The molecule has 6 heteroatoms. The third-order valence-corrected chi connectivity index (χ3v) is 11.6. The number of carbonyl (C=O) groups excluding carboxylic acids is 2. The highest BCUT2D eigenvalue weighted by Crippen LogP contribution is 2.17. The van der Waals surface area contributed by atoms with Crippen molar-refractivity contribution in [2.45, 2.75) is 270 Å². The molecular weight excluding hydrogens is 755 g/mol. The summed E-state index contributed by atoms with van der Waals surface area (Å²) in [5.41, 5.74) is 0. The fourth-order valence-electron chi connectivity index (χ4n) is 7.65. The Bertz CT molecular complexity index is 1090. The Kier molecular flexibility index (Phi) is 46.6. The zero-order valence-corrected chi connectivity index (χ0v) is 40.3. The van der Waals surface area contributed by atoms with E-state index in [4.69, 9.17) is 4.74 Å². The smallest absolute Gasteiger partial charge is 0.306 e. The lowest BCUT2D eigenvalue weighted by Gasteiger charge is -2.24. The van der Waals surface area contributed by atoms with E-state index in [-0.39, 0.29) is 24.9 Å². The molecule has 0 aliphatic carbocycles. The van der Waals surface area contributed by atoms with Gasteiger partial charge in [-0.1, -0.05) is 210 Å². The normalized spacial score (nSPS) is 13.7. The van der Waals surface area contributed by atoms with Crippen molar-refractivity contribution in [1.82, 2.24) is 5.32 Å². The highest BCUT2D eigenvalue weighted by molar-refractivity contribution is 5.77. The van der Waals surface area contributed by atoms with Gasteiger partial charge in [0, 0.05) is 6.42 Å². The van der Waals surface area contributed by atoms with Crippen molar-refractivity contribution in [3.63, 3.8) is 0 Å². The van der Waals surface area contributed by atoms with Gasteiger partial charge in [0.25, 0.3) is 0 Å². The van der Waals surface area contributed by atoms with Crippen molar-refractivity contribution in [2.75, 3.05) is 6.61 Å². The van der Waals surface area contributed by atoms with Crippen LogP contribution in [0, 0.1) is 0 Å². The molecule has 0 radical (unpaired) electrons. The Hall–Kier alpha value is -2.44. The molecule has 0 aromatic carbocycles. The lowest BCUT2D eigenvalue weighted by Crippen LogP contribution is -2.46. The van der Waals surface area contributed by atoms with E-state index in [0.717, 1.165) is 89.9 Å². The number of aliphatic hydroxyl groups is 2. The molecule has 354 valence electrons. The summed E-state index contributed by atoms with van der Waals surface area (Å²) >= 11 is 0. The van der Waals surface area contributed by atoms with Crippen LogP contribution < -0.4 is 5.32 Å². The topological polar surface area (TPSA) is 95.9 Å². The number of hydrogen-bond acceptors (Lipinski definition) is 5. The first-order valence-electron chi connectivity index (χ1n) is 26.0. The second-order valence-electron chi connectivity index (χ2n) is 17.5. The Labute approximate surface area is 378 Å². The number of rotatable bonds is 46. The largest absolute Gasteiger partial charge is 0.462 e. The zero-order valence-electron chi connectivity index (χ0n) is 40.3. The fraction of sp³-hybridized carbons (Fsp3) is 0.782. The number of esters is 1. The van der Waals surface area contributed by atoms with Crippen LogP contribution in [0.3, 0.4) is 0 Å². The van der Waals surface area contributed by atoms with Crippen LogP contribution in [-0.4, -0.2) is 46.9 Å². The number of carbonyl (C=O) groups is 2.